The van der Waals surface area contributed by atoms with Gasteiger partial charge < -0.3 is 10.1 Å². The first-order valence-corrected chi connectivity index (χ1v) is 6.43. The van der Waals surface area contributed by atoms with Crippen LogP contribution in [0.2, 0.25) is 5.02 Å². The lowest BCUT2D eigenvalue weighted by molar-refractivity contribution is 0.312. The van der Waals surface area contributed by atoms with Crippen LogP contribution >= 0.6 is 11.6 Å². The molecule has 0 aliphatic carbocycles. The molecule has 0 spiro atoms. The van der Waals surface area contributed by atoms with Gasteiger partial charge in [0.15, 0.2) is 0 Å². The third-order valence-electron chi connectivity index (χ3n) is 2.41. The molecule has 0 fully saturated rings. The van der Waals surface area contributed by atoms with Crippen LogP contribution in [0.1, 0.15) is 12.5 Å². The maximum absolute atomic E-state index is 6.08. The zero-order chi connectivity index (χ0) is 14.4. The van der Waals surface area contributed by atoms with Crippen LogP contribution < -0.4 is 21.3 Å². The van der Waals surface area contributed by atoms with Crippen molar-refractivity contribution in [2.45, 2.75) is 13.5 Å². The van der Waals surface area contributed by atoms with Crippen molar-refractivity contribution in [2.75, 3.05) is 17.3 Å². The highest BCUT2D eigenvalue weighted by Crippen LogP contribution is 2.17. The number of rotatable bonds is 6. The average molecular weight is 295 g/mol. The Balaban J connectivity index is 2.12. The highest BCUT2D eigenvalue weighted by Gasteiger charge is 2.07. The predicted molar refractivity (Wildman–Crippen MR) is 77.6 cm³/mol. The van der Waals surface area contributed by atoms with E-state index in [-0.39, 0.29) is 12.0 Å². The molecule has 0 amide bonds. The minimum absolute atomic E-state index is 0.206. The van der Waals surface area contributed by atoms with Gasteiger partial charge in [-0.2, -0.15) is 15.0 Å². The van der Waals surface area contributed by atoms with Gasteiger partial charge in [-0.15, -0.1) is 0 Å². The Morgan fingerprint density at radius 2 is 1.95 bits per heavy atom. The predicted octanol–water partition coefficient (Wildman–Crippen LogP) is 1.82. The Labute approximate surface area is 121 Å². The molecule has 0 unspecified atom stereocenters. The molecule has 8 heteroatoms. The number of hydrazine groups is 1. The number of ether oxygens (including phenoxy) is 1. The molecular formula is C12H15ClN6O. The van der Waals surface area contributed by atoms with Crippen molar-refractivity contribution in [2.24, 2.45) is 5.84 Å². The Kier molecular flexibility index (Phi) is 4.91. The molecule has 2 rings (SSSR count). The number of hydrogen-bond donors (Lipinski definition) is 3. The van der Waals surface area contributed by atoms with Crippen LogP contribution in [-0.4, -0.2) is 21.6 Å². The lowest BCUT2D eigenvalue weighted by Crippen LogP contribution is -2.14. The van der Waals surface area contributed by atoms with Gasteiger partial charge in [0.1, 0.15) is 0 Å². The molecule has 0 radical (unpaired) electrons. The van der Waals surface area contributed by atoms with Gasteiger partial charge in [-0.1, -0.05) is 29.8 Å². The minimum Gasteiger partial charge on any atom is -0.464 e. The molecule has 4 N–H and O–H groups in total. The van der Waals surface area contributed by atoms with Gasteiger partial charge >= 0.3 is 6.01 Å². The molecule has 0 aliphatic heterocycles. The van der Waals surface area contributed by atoms with Gasteiger partial charge in [-0.25, -0.2) is 5.84 Å². The van der Waals surface area contributed by atoms with Crippen molar-refractivity contribution in [3.05, 3.63) is 34.9 Å². The van der Waals surface area contributed by atoms with Crippen molar-refractivity contribution >= 4 is 23.5 Å². The molecule has 0 saturated heterocycles. The number of nitrogen functional groups attached to an aromatic ring is 1. The number of nitrogens with one attached hydrogen (secondary N) is 2. The van der Waals surface area contributed by atoms with Gasteiger partial charge in [0, 0.05) is 11.6 Å². The Morgan fingerprint density at radius 1 is 1.20 bits per heavy atom. The molecule has 2 aromatic rings. The van der Waals surface area contributed by atoms with E-state index < -0.39 is 0 Å². The quantitative estimate of drug-likeness (QED) is 0.552. The monoisotopic (exact) mass is 294 g/mol. The van der Waals surface area contributed by atoms with E-state index in [4.69, 9.17) is 22.2 Å². The van der Waals surface area contributed by atoms with Crippen LogP contribution in [-0.2, 0) is 6.54 Å². The zero-order valence-electron chi connectivity index (χ0n) is 10.9. The van der Waals surface area contributed by atoms with Crippen LogP contribution in [0, 0.1) is 0 Å². The molecule has 1 heterocycles. The molecule has 0 aliphatic rings. The average Bonchev–Trinajstić information content (AvgIpc) is 2.46. The molecule has 1 aromatic heterocycles. The third kappa shape index (κ3) is 3.69. The van der Waals surface area contributed by atoms with Crippen LogP contribution in [0.3, 0.4) is 0 Å². The lowest BCUT2D eigenvalue weighted by Gasteiger charge is -2.09. The second-order valence-corrected chi connectivity index (χ2v) is 4.19. The fraction of sp³-hybridized carbons (Fsp3) is 0.250. The van der Waals surface area contributed by atoms with E-state index in [1.54, 1.807) is 0 Å². The first kappa shape index (κ1) is 14.3. The maximum Gasteiger partial charge on any atom is 0.323 e. The topological polar surface area (TPSA) is 98.0 Å². The molecule has 7 nitrogen and oxygen atoms in total. The van der Waals surface area contributed by atoms with Gasteiger partial charge in [0.2, 0.25) is 11.9 Å². The van der Waals surface area contributed by atoms with Gasteiger partial charge in [0.25, 0.3) is 0 Å². The van der Waals surface area contributed by atoms with E-state index >= 15 is 0 Å². The summed E-state index contributed by atoms with van der Waals surface area (Å²) in [6.07, 6.45) is 0. The highest BCUT2D eigenvalue weighted by atomic mass is 35.5. The molecule has 0 saturated carbocycles. The molecule has 106 valence electrons. The largest absolute Gasteiger partial charge is 0.464 e. The summed E-state index contributed by atoms with van der Waals surface area (Å²) in [7, 11) is 0. The summed E-state index contributed by atoms with van der Waals surface area (Å²) in [6, 6.07) is 7.73. The summed E-state index contributed by atoms with van der Waals surface area (Å²) in [5, 5.41) is 3.73. The van der Waals surface area contributed by atoms with Gasteiger partial charge in [0.05, 0.1) is 6.61 Å². The van der Waals surface area contributed by atoms with Crippen molar-refractivity contribution < 1.29 is 4.74 Å². The molecule has 1 aromatic carbocycles. The second-order valence-electron chi connectivity index (χ2n) is 3.79. The first-order valence-electron chi connectivity index (χ1n) is 6.05. The van der Waals surface area contributed by atoms with Crippen LogP contribution in [0.5, 0.6) is 6.01 Å². The van der Waals surface area contributed by atoms with Crippen LogP contribution in [0.4, 0.5) is 11.9 Å². The molecular weight excluding hydrogens is 280 g/mol. The van der Waals surface area contributed by atoms with E-state index in [0.29, 0.717) is 24.1 Å². The Morgan fingerprint density at radius 3 is 2.65 bits per heavy atom. The normalized spacial score (nSPS) is 10.2. The lowest BCUT2D eigenvalue weighted by atomic mass is 10.2. The van der Waals surface area contributed by atoms with E-state index in [1.807, 2.05) is 31.2 Å². The second kappa shape index (κ2) is 6.88. The SMILES string of the molecule is CCOc1nc(NN)nc(NCc2ccccc2Cl)n1. The summed E-state index contributed by atoms with van der Waals surface area (Å²) in [5.41, 5.74) is 3.31. The fourth-order valence-electron chi connectivity index (χ4n) is 1.51. The number of halogens is 1. The fourth-order valence-corrected chi connectivity index (χ4v) is 1.71. The standard InChI is InChI=1S/C12H15ClN6O/c1-2-20-12-17-10(16-11(18-12)19-14)15-7-8-5-3-4-6-9(8)13/h3-6H,2,7,14H2,1H3,(H2,15,16,17,18,19). The Bertz CT molecular complexity index is 580. The third-order valence-corrected chi connectivity index (χ3v) is 2.78. The van der Waals surface area contributed by atoms with E-state index in [2.05, 4.69) is 25.7 Å². The molecule has 0 bridgehead atoms. The van der Waals surface area contributed by atoms with Crippen LogP contribution in [0.15, 0.2) is 24.3 Å². The van der Waals surface area contributed by atoms with E-state index in [9.17, 15) is 0 Å². The molecule has 20 heavy (non-hydrogen) atoms. The number of hydrogen-bond acceptors (Lipinski definition) is 7. The van der Waals surface area contributed by atoms with Crippen molar-refractivity contribution in [1.29, 1.82) is 0 Å². The van der Waals surface area contributed by atoms with Crippen molar-refractivity contribution in [1.82, 2.24) is 15.0 Å². The maximum atomic E-state index is 6.08. The minimum atomic E-state index is 0.206. The van der Waals surface area contributed by atoms with E-state index in [0.717, 1.165) is 5.56 Å². The summed E-state index contributed by atoms with van der Waals surface area (Å²) in [4.78, 5) is 12.2. The molecule has 0 atom stereocenters. The highest BCUT2D eigenvalue weighted by molar-refractivity contribution is 6.31. The number of anilines is 2. The summed E-state index contributed by atoms with van der Waals surface area (Å²) in [6.45, 7) is 2.79. The van der Waals surface area contributed by atoms with Crippen molar-refractivity contribution in [3.63, 3.8) is 0 Å². The Hall–Kier alpha value is -2.12. The number of aromatic nitrogens is 3. The summed E-state index contributed by atoms with van der Waals surface area (Å²) < 4.78 is 5.24. The number of nitrogens with two attached hydrogens (primary N) is 1. The number of benzene rings is 1. The van der Waals surface area contributed by atoms with Crippen LogP contribution in [0.25, 0.3) is 0 Å². The van der Waals surface area contributed by atoms with Gasteiger partial charge in [-0.05, 0) is 18.6 Å². The zero-order valence-corrected chi connectivity index (χ0v) is 11.7. The first-order chi connectivity index (χ1) is 9.72. The number of nitrogens with zero attached hydrogens (tertiary/aromatic N) is 3. The van der Waals surface area contributed by atoms with Gasteiger partial charge in [-0.3, -0.25) is 5.43 Å². The smallest absolute Gasteiger partial charge is 0.323 e. The van der Waals surface area contributed by atoms with E-state index in [1.165, 1.54) is 0 Å². The summed E-state index contributed by atoms with van der Waals surface area (Å²) in [5.74, 6) is 5.89. The van der Waals surface area contributed by atoms with Crippen molar-refractivity contribution in [3.8, 4) is 6.01 Å². The summed E-state index contributed by atoms with van der Waals surface area (Å²) >= 11 is 6.08.